The number of aliphatic imine (C=N–C) groups is 2. The first-order valence-electron chi connectivity index (χ1n) is 8.85. The number of rotatable bonds is 6. The summed E-state index contributed by atoms with van der Waals surface area (Å²) in [6.45, 7) is 0. The summed E-state index contributed by atoms with van der Waals surface area (Å²) in [5.74, 6) is 0.0615. The van der Waals surface area contributed by atoms with E-state index in [-0.39, 0.29) is 32.6 Å². The maximum absolute atomic E-state index is 11.7. The molecule has 0 aliphatic heterocycles. The molecular weight excluding hydrogens is 615 g/mol. The maximum atomic E-state index is 11.7. The van der Waals surface area contributed by atoms with Gasteiger partial charge in [-0.05, 0) is 48.5 Å². The van der Waals surface area contributed by atoms with Crippen molar-refractivity contribution >= 4 is 45.4 Å². The Morgan fingerprint density at radius 1 is 0.710 bits per heavy atom. The zero-order chi connectivity index (χ0) is 21.7. The van der Waals surface area contributed by atoms with Gasteiger partial charge < -0.3 is 10.2 Å². The monoisotopic (exact) mass is 635 g/mol. The smallest absolute Gasteiger partial charge is 0.124 e. The van der Waals surface area contributed by atoms with Gasteiger partial charge in [0.2, 0.25) is 0 Å². The van der Waals surface area contributed by atoms with Crippen molar-refractivity contribution in [3.63, 3.8) is 0 Å². The van der Waals surface area contributed by atoms with Crippen LogP contribution in [0.5, 0.6) is 11.5 Å². The van der Waals surface area contributed by atoms with E-state index in [1.165, 1.54) is 24.6 Å². The molecule has 0 saturated carbocycles. The molecular formula is C22H20N2O4PtS2. The van der Waals surface area contributed by atoms with Crippen LogP contribution in [0.15, 0.2) is 80.4 Å². The summed E-state index contributed by atoms with van der Waals surface area (Å²) in [7, 11) is -2.35. The minimum absolute atomic E-state index is 0. The predicted octanol–water partition coefficient (Wildman–Crippen LogP) is 4.07. The summed E-state index contributed by atoms with van der Waals surface area (Å²) in [5.41, 5.74) is 1.98. The number of para-hydroxylation sites is 2. The molecule has 9 heteroatoms. The van der Waals surface area contributed by atoms with E-state index in [4.69, 9.17) is 0 Å². The Morgan fingerprint density at radius 2 is 1.10 bits per heavy atom. The van der Waals surface area contributed by atoms with E-state index in [1.807, 2.05) is 0 Å². The quantitative estimate of drug-likeness (QED) is 0.399. The molecule has 2 unspecified atom stereocenters. The summed E-state index contributed by atoms with van der Waals surface area (Å²) in [5, 5.41) is 20.1. The molecule has 0 heterocycles. The molecule has 0 fully saturated rings. The summed E-state index contributed by atoms with van der Waals surface area (Å²) < 4.78 is 23.4. The van der Waals surface area contributed by atoms with Crippen LogP contribution < -0.4 is 0 Å². The summed E-state index contributed by atoms with van der Waals surface area (Å²) in [6, 6.07) is 16.5. The molecule has 0 radical (unpaired) electrons. The van der Waals surface area contributed by atoms with Gasteiger partial charge >= 0.3 is 0 Å². The summed E-state index contributed by atoms with van der Waals surface area (Å²) in [4.78, 5) is 9.99. The molecule has 0 bridgehead atoms. The second-order valence-electron chi connectivity index (χ2n) is 6.35. The molecule has 0 aliphatic rings. The van der Waals surface area contributed by atoms with Crippen LogP contribution in [-0.2, 0) is 42.7 Å². The maximum Gasteiger partial charge on any atom is 0.124 e. The Kier molecular flexibility index (Phi) is 9.04. The molecule has 164 valence electrons. The fourth-order valence-corrected chi connectivity index (χ4v) is 3.70. The van der Waals surface area contributed by atoms with Gasteiger partial charge in [0.25, 0.3) is 0 Å². The largest absolute Gasteiger partial charge is 0.507 e. The van der Waals surface area contributed by atoms with Gasteiger partial charge in [0, 0.05) is 88.5 Å². The number of hydrogen-bond acceptors (Lipinski definition) is 6. The van der Waals surface area contributed by atoms with E-state index in [1.54, 1.807) is 61.0 Å². The third-order valence-electron chi connectivity index (χ3n) is 4.23. The molecule has 0 saturated heterocycles. The first-order chi connectivity index (χ1) is 14.3. The van der Waals surface area contributed by atoms with Crippen LogP contribution in [0.1, 0.15) is 11.1 Å². The van der Waals surface area contributed by atoms with Crippen molar-refractivity contribution < 1.29 is 39.7 Å². The zero-order valence-corrected chi connectivity index (χ0v) is 20.6. The van der Waals surface area contributed by atoms with Gasteiger partial charge in [-0.1, -0.05) is 12.1 Å². The van der Waals surface area contributed by atoms with Crippen molar-refractivity contribution in [2.45, 2.75) is 9.79 Å². The first kappa shape index (κ1) is 24.9. The molecule has 0 amide bonds. The Hall–Kier alpha value is -2.41. The first-order valence-corrected chi connectivity index (χ1v) is 12.0. The van der Waals surface area contributed by atoms with Crippen molar-refractivity contribution in [3.8, 4) is 11.5 Å². The summed E-state index contributed by atoms with van der Waals surface area (Å²) in [6.07, 6.45) is 6.10. The third-order valence-corrected chi connectivity index (χ3v) is 6.06. The predicted molar refractivity (Wildman–Crippen MR) is 122 cm³/mol. The Morgan fingerprint density at radius 3 is 1.45 bits per heavy atom. The zero-order valence-electron chi connectivity index (χ0n) is 16.7. The molecule has 2 N–H and O–H groups in total. The van der Waals surface area contributed by atoms with Crippen molar-refractivity contribution in [1.82, 2.24) is 0 Å². The van der Waals surface area contributed by atoms with E-state index in [2.05, 4.69) is 9.98 Å². The van der Waals surface area contributed by atoms with E-state index in [9.17, 15) is 18.6 Å². The van der Waals surface area contributed by atoms with Gasteiger partial charge in [-0.25, -0.2) is 0 Å². The fourth-order valence-electron chi connectivity index (χ4n) is 2.59. The molecule has 3 aromatic rings. The second kappa shape index (κ2) is 11.3. The van der Waals surface area contributed by atoms with Crippen LogP contribution >= 0.6 is 0 Å². The molecule has 6 nitrogen and oxygen atoms in total. The number of nitrogens with zero attached hydrogens (tertiary/aromatic N) is 2. The Bertz CT molecular complexity index is 1100. The topological polar surface area (TPSA) is 99.3 Å². The number of phenolic OH excluding ortho intramolecular Hbond substituents is 2. The number of benzene rings is 3. The Balaban J connectivity index is 0.00000341. The van der Waals surface area contributed by atoms with Crippen molar-refractivity contribution in [2.75, 3.05) is 12.5 Å². The molecule has 2 atom stereocenters. The molecule has 0 spiro atoms. The van der Waals surface area contributed by atoms with Crippen LogP contribution in [0.4, 0.5) is 11.4 Å². The average Bonchev–Trinajstić information content (AvgIpc) is 2.72. The van der Waals surface area contributed by atoms with E-state index < -0.39 is 21.6 Å². The van der Waals surface area contributed by atoms with Gasteiger partial charge in [-0.3, -0.25) is 18.4 Å². The molecule has 31 heavy (non-hydrogen) atoms. The Labute approximate surface area is 200 Å². The van der Waals surface area contributed by atoms with Crippen LogP contribution in [-0.4, -0.2) is 43.6 Å². The van der Waals surface area contributed by atoms with Gasteiger partial charge in [0.15, 0.2) is 0 Å². The SMILES string of the molecule is CS(=O)c1ccc(O)c(C=Nc2ccccc2N=Cc2cc(S(C)=O)ccc2O)c1.[Pt]. The minimum Gasteiger partial charge on any atom is -0.507 e. The standard InChI is InChI=1S/C22H20N2O4S2.Pt/c1-29(27)17-7-9-21(25)15(11-17)13-23-19-5-3-4-6-20(19)24-14-16-12-18(30(2)28)8-10-22(16)26;/h3-14,25-26H,1-2H3;. The normalized spacial score (nSPS) is 13.2. The van der Waals surface area contributed by atoms with Gasteiger partial charge in [0.1, 0.15) is 11.5 Å². The third kappa shape index (κ3) is 6.53. The van der Waals surface area contributed by atoms with E-state index in [0.29, 0.717) is 32.3 Å². The van der Waals surface area contributed by atoms with E-state index in [0.717, 1.165) is 0 Å². The van der Waals surface area contributed by atoms with Crippen molar-refractivity contribution in [3.05, 3.63) is 71.8 Å². The van der Waals surface area contributed by atoms with Gasteiger partial charge in [-0.15, -0.1) is 0 Å². The van der Waals surface area contributed by atoms with Gasteiger partial charge in [0.05, 0.1) is 11.4 Å². The number of hydrogen-bond donors (Lipinski definition) is 2. The minimum atomic E-state index is -1.17. The van der Waals surface area contributed by atoms with Crippen molar-refractivity contribution in [2.24, 2.45) is 9.98 Å². The number of phenols is 2. The van der Waals surface area contributed by atoms with Crippen LogP contribution in [0, 0.1) is 0 Å². The van der Waals surface area contributed by atoms with Gasteiger partial charge in [-0.2, -0.15) is 0 Å². The summed E-state index contributed by atoms with van der Waals surface area (Å²) >= 11 is 0. The van der Waals surface area contributed by atoms with E-state index >= 15 is 0 Å². The van der Waals surface area contributed by atoms with Crippen molar-refractivity contribution in [1.29, 1.82) is 0 Å². The van der Waals surface area contributed by atoms with Crippen LogP contribution in [0.3, 0.4) is 0 Å². The average molecular weight is 636 g/mol. The molecule has 3 rings (SSSR count). The molecule has 3 aromatic carbocycles. The number of aromatic hydroxyl groups is 2. The molecule has 0 aromatic heterocycles. The second-order valence-corrected chi connectivity index (χ2v) is 9.11. The fraction of sp³-hybridized carbons (Fsp3) is 0.0909. The van der Waals surface area contributed by atoms with Crippen LogP contribution in [0.25, 0.3) is 0 Å². The van der Waals surface area contributed by atoms with Crippen LogP contribution in [0.2, 0.25) is 0 Å². The molecule has 0 aliphatic carbocycles.